The van der Waals surface area contributed by atoms with Crippen LogP contribution in [0.5, 0.6) is 0 Å². The summed E-state index contributed by atoms with van der Waals surface area (Å²) >= 11 is 0. The number of rotatable bonds is 1. The van der Waals surface area contributed by atoms with Gasteiger partial charge in [0.2, 0.25) is 0 Å². The first-order valence-corrected chi connectivity index (χ1v) is 4.52. The van der Waals surface area contributed by atoms with Crippen molar-refractivity contribution in [3.63, 3.8) is 0 Å². The maximum absolute atomic E-state index is 4.44. The average molecular weight is 172 g/mol. The molecular formula is C11H12N2. The molecule has 2 rings (SSSR count). The molecule has 2 aromatic rings. The highest BCUT2D eigenvalue weighted by Gasteiger charge is 2.00. The van der Waals surface area contributed by atoms with E-state index >= 15 is 0 Å². The molecule has 2 aromatic heterocycles. The second-order valence-electron chi connectivity index (χ2n) is 3.14. The number of aryl methyl sites for hydroxylation is 2. The Bertz CT molecular complexity index is 435. The molecule has 0 unspecified atom stereocenters. The van der Waals surface area contributed by atoms with E-state index in [9.17, 15) is 0 Å². The highest BCUT2D eigenvalue weighted by atomic mass is 14.8. The summed E-state index contributed by atoms with van der Waals surface area (Å²) in [6.07, 6.45) is 2.81. The molecule has 0 spiro atoms. The maximum Gasteiger partial charge on any atom is 0.159 e. The summed E-state index contributed by atoms with van der Waals surface area (Å²) in [5, 5.41) is 1.13. The van der Waals surface area contributed by atoms with Crippen LogP contribution in [0.3, 0.4) is 0 Å². The van der Waals surface area contributed by atoms with Gasteiger partial charge in [0.25, 0.3) is 0 Å². The van der Waals surface area contributed by atoms with E-state index in [4.69, 9.17) is 0 Å². The minimum absolute atomic E-state index is 0.845. The van der Waals surface area contributed by atoms with Gasteiger partial charge in [-0.2, -0.15) is 0 Å². The molecule has 0 saturated carbocycles. The highest BCUT2D eigenvalue weighted by Crippen LogP contribution is 2.14. The van der Waals surface area contributed by atoms with E-state index in [1.807, 2.05) is 19.1 Å². The predicted molar refractivity (Wildman–Crippen MR) is 53.7 cm³/mol. The Balaban J connectivity index is 2.74. The van der Waals surface area contributed by atoms with Crippen LogP contribution in [0.2, 0.25) is 0 Å². The van der Waals surface area contributed by atoms with Crippen molar-refractivity contribution >= 4 is 11.0 Å². The van der Waals surface area contributed by atoms with Crippen LogP contribution in [0, 0.1) is 6.92 Å². The van der Waals surface area contributed by atoms with Crippen molar-refractivity contribution in [1.82, 2.24) is 9.97 Å². The van der Waals surface area contributed by atoms with Crippen LogP contribution in [0.15, 0.2) is 24.4 Å². The molecule has 0 bridgehead atoms. The molecule has 2 heteroatoms. The lowest BCUT2D eigenvalue weighted by Crippen LogP contribution is -1.93. The van der Waals surface area contributed by atoms with Gasteiger partial charge in [-0.3, -0.25) is 0 Å². The highest BCUT2D eigenvalue weighted by molar-refractivity contribution is 5.75. The lowest BCUT2D eigenvalue weighted by atomic mass is 10.1. The molecule has 0 amide bonds. The fourth-order valence-corrected chi connectivity index (χ4v) is 1.50. The second kappa shape index (κ2) is 3.13. The molecule has 0 radical (unpaired) electrons. The van der Waals surface area contributed by atoms with Crippen molar-refractivity contribution in [3.05, 3.63) is 35.7 Å². The van der Waals surface area contributed by atoms with Gasteiger partial charge in [-0.05, 0) is 37.1 Å². The summed E-state index contributed by atoms with van der Waals surface area (Å²) < 4.78 is 0. The van der Waals surface area contributed by atoms with Gasteiger partial charge < -0.3 is 0 Å². The predicted octanol–water partition coefficient (Wildman–Crippen LogP) is 2.50. The van der Waals surface area contributed by atoms with Crippen LogP contribution in [0.25, 0.3) is 11.0 Å². The quantitative estimate of drug-likeness (QED) is 0.660. The van der Waals surface area contributed by atoms with Crippen molar-refractivity contribution in [2.45, 2.75) is 20.3 Å². The summed E-state index contributed by atoms with van der Waals surface area (Å²) in [6, 6.07) is 6.16. The largest absolute Gasteiger partial charge is 0.237 e. The molecule has 0 fully saturated rings. The number of fused-ring (bicyclic) bond motifs is 1. The van der Waals surface area contributed by atoms with Crippen LogP contribution in [-0.2, 0) is 6.42 Å². The van der Waals surface area contributed by atoms with Crippen LogP contribution >= 0.6 is 0 Å². The third kappa shape index (κ3) is 1.39. The van der Waals surface area contributed by atoms with E-state index in [0.29, 0.717) is 0 Å². The molecule has 0 saturated heterocycles. The normalized spacial score (nSPS) is 10.6. The van der Waals surface area contributed by atoms with Gasteiger partial charge in [-0.25, -0.2) is 9.97 Å². The van der Waals surface area contributed by atoms with Crippen LogP contribution in [-0.4, -0.2) is 9.97 Å². The Morgan fingerprint density at radius 3 is 3.00 bits per heavy atom. The third-order valence-corrected chi connectivity index (χ3v) is 2.27. The standard InChI is InChI=1S/C11H12N2/c1-3-9-7-10-5-4-6-12-11(10)13-8(9)2/h4-7H,3H2,1-2H3. The van der Waals surface area contributed by atoms with E-state index in [-0.39, 0.29) is 0 Å². The summed E-state index contributed by atoms with van der Waals surface area (Å²) in [7, 11) is 0. The summed E-state index contributed by atoms with van der Waals surface area (Å²) in [5.41, 5.74) is 3.24. The van der Waals surface area contributed by atoms with E-state index in [2.05, 4.69) is 23.0 Å². The van der Waals surface area contributed by atoms with Gasteiger partial charge >= 0.3 is 0 Å². The SMILES string of the molecule is CCc1cc2cccnc2nc1C. The number of hydrogen-bond donors (Lipinski definition) is 0. The van der Waals surface area contributed by atoms with Crippen LogP contribution < -0.4 is 0 Å². The number of aromatic nitrogens is 2. The van der Waals surface area contributed by atoms with Gasteiger partial charge in [0.05, 0.1) is 0 Å². The first-order valence-electron chi connectivity index (χ1n) is 4.52. The smallest absolute Gasteiger partial charge is 0.159 e. The van der Waals surface area contributed by atoms with Crippen molar-refractivity contribution in [3.8, 4) is 0 Å². The zero-order valence-electron chi connectivity index (χ0n) is 7.91. The van der Waals surface area contributed by atoms with Crippen molar-refractivity contribution < 1.29 is 0 Å². The zero-order valence-corrected chi connectivity index (χ0v) is 7.91. The molecule has 2 heterocycles. The Hall–Kier alpha value is -1.44. The van der Waals surface area contributed by atoms with Crippen molar-refractivity contribution in [1.29, 1.82) is 0 Å². The molecule has 66 valence electrons. The van der Waals surface area contributed by atoms with Crippen molar-refractivity contribution in [2.24, 2.45) is 0 Å². The summed E-state index contributed by atoms with van der Waals surface area (Å²) in [4.78, 5) is 8.64. The molecule has 0 atom stereocenters. The Kier molecular flexibility index (Phi) is 1.97. The van der Waals surface area contributed by atoms with Gasteiger partial charge in [0.1, 0.15) is 0 Å². The molecular weight excluding hydrogens is 160 g/mol. The monoisotopic (exact) mass is 172 g/mol. The number of hydrogen-bond acceptors (Lipinski definition) is 2. The second-order valence-corrected chi connectivity index (χ2v) is 3.14. The number of pyridine rings is 2. The molecule has 0 aliphatic carbocycles. The first-order chi connectivity index (χ1) is 6.31. The summed E-state index contributed by atoms with van der Waals surface area (Å²) in [5.74, 6) is 0. The van der Waals surface area contributed by atoms with Crippen LogP contribution in [0.1, 0.15) is 18.2 Å². The molecule has 2 nitrogen and oxygen atoms in total. The minimum Gasteiger partial charge on any atom is -0.237 e. The Labute approximate surface area is 77.6 Å². The van der Waals surface area contributed by atoms with Crippen LogP contribution in [0.4, 0.5) is 0 Å². The van der Waals surface area contributed by atoms with Gasteiger partial charge in [0, 0.05) is 17.3 Å². The fourth-order valence-electron chi connectivity index (χ4n) is 1.50. The lowest BCUT2D eigenvalue weighted by Gasteiger charge is -2.03. The lowest BCUT2D eigenvalue weighted by molar-refractivity contribution is 1.06. The first kappa shape index (κ1) is 8.17. The van der Waals surface area contributed by atoms with Crippen molar-refractivity contribution in [2.75, 3.05) is 0 Å². The van der Waals surface area contributed by atoms with Gasteiger partial charge in [0.15, 0.2) is 5.65 Å². The Morgan fingerprint density at radius 1 is 1.38 bits per heavy atom. The molecule has 0 N–H and O–H groups in total. The topological polar surface area (TPSA) is 25.8 Å². The third-order valence-electron chi connectivity index (χ3n) is 2.27. The molecule has 0 aromatic carbocycles. The van der Waals surface area contributed by atoms with Gasteiger partial charge in [-0.1, -0.05) is 6.92 Å². The fraction of sp³-hybridized carbons (Fsp3) is 0.273. The maximum atomic E-state index is 4.44. The minimum atomic E-state index is 0.845. The molecule has 0 aliphatic rings. The zero-order chi connectivity index (χ0) is 9.26. The van der Waals surface area contributed by atoms with E-state index in [1.54, 1.807) is 6.20 Å². The number of nitrogens with zero attached hydrogens (tertiary/aromatic N) is 2. The molecule has 13 heavy (non-hydrogen) atoms. The molecule has 0 aliphatic heterocycles. The van der Waals surface area contributed by atoms with E-state index in [0.717, 1.165) is 23.1 Å². The van der Waals surface area contributed by atoms with E-state index in [1.165, 1.54) is 5.56 Å². The average Bonchev–Trinajstić information content (AvgIpc) is 2.17. The van der Waals surface area contributed by atoms with Gasteiger partial charge in [-0.15, -0.1) is 0 Å². The summed E-state index contributed by atoms with van der Waals surface area (Å²) in [6.45, 7) is 4.18. The Morgan fingerprint density at radius 2 is 2.23 bits per heavy atom. The van der Waals surface area contributed by atoms with E-state index < -0.39 is 0 Å².